The predicted molar refractivity (Wildman–Crippen MR) is 94.6 cm³/mol. The van der Waals surface area contributed by atoms with E-state index in [9.17, 15) is 4.79 Å². The van der Waals surface area contributed by atoms with Gasteiger partial charge in [-0.05, 0) is 36.8 Å². The van der Waals surface area contributed by atoms with Crippen molar-refractivity contribution in [3.05, 3.63) is 84.8 Å². The molecule has 1 atom stereocenters. The first-order valence-corrected chi connectivity index (χ1v) is 8.03. The molecule has 0 saturated carbocycles. The average Bonchev–Trinajstić information content (AvgIpc) is 3.31. The molecule has 0 fully saturated rings. The number of benzene rings is 1. The SMILES string of the molecule is C[C@@H](NC(=O)c1cn2ccccc2n1)c1ccc(-n2ccnc2)cc1. The number of aromatic nitrogens is 4. The minimum absolute atomic E-state index is 0.117. The minimum Gasteiger partial charge on any atom is -0.344 e. The molecule has 0 saturated heterocycles. The van der Waals surface area contributed by atoms with Crippen LogP contribution in [-0.4, -0.2) is 24.8 Å². The van der Waals surface area contributed by atoms with Crippen molar-refractivity contribution < 1.29 is 4.79 Å². The van der Waals surface area contributed by atoms with Crippen molar-refractivity contribution >= 4 is 11.6 Å². The zero-order valence-electron chi connectivity index (χ0n) is 13.7. The zero-order valence-corrected chi connectivity index (χ0v) is 13.7. The highest BCUT2D eigenvalue weighted by Crippen LogP contribution is 2.16. The number of rotatable bonds is 4. The van der Waals surface area contributed by atoms with Crippen molar-refractivity contribution in [3.8, 4) is 5.69 Å². The van der Waals surface area contributed by atoms with Crippen molar-refractivity contribution in [1.29, 1.82) is 0 Å². The third kappa shape index (κ3) is 3.01. The van der Waals surface area contributed by atoms with Crippen molar-refractivity contribution in [2.24, 2.45) is 0 Å². The van der Waals surface area contributed by atoms with E-state index in [0.717, 1.165) is 16.9 Å². The molecule has 4 rings (SSSR count). The second kappa shape index (κ2) is 6.24. The molecule has 1 aromatic carbocycles. The molecule has 0 spiro atoms. The second-order valence-corrected chi connectivity index (χ2v) is 5.85. The second-order valence-electron chi connectivity index (χ2n) is 5.85. The van der Waals surface area contributed by atoms with Gasteiger partial charge in [0.1, 0.15) is 11.3 Å². The van der Waals surface area contributed by atoms with E-state index in [1.165, 1.54) is 0 Å². The van der Waals surface area contributed by atoms with Gasteiger partial charge in [-0.3, -0.25) is 4.79 Å². The molecule has 1 N–H and O–H groups in total. The van der Waals surface area contributed by atoms with E-state index < -0.39 is 0 Å². The Morgan fingerprint density at radius 2 is 1.96 bits per heavy atom. The van der Waals surface area contributed by atoms with Gasteiger partial charge in [0.15, 0.2) is 0 Å². The summed E-state index contributed by atoms with van der Waals surface area (Å²) in [5.41, 5.74) is 3.22. The van der Waals surface area contributed by atoms with E-state index in [4.69, 9.17) is 0 Å². The molecule has 3 aromatic heterocycles. The maximum Gasteiger partial charge on any atom is 0.271 e. The van der Waals surface area contributed by atoms with Gasteiger partial charge in [-0.1, -0.05) is 18.2 Å². The van der Waals surface area contributed by atoms with Crippen molar-refractivity contribution in [3.63, 3.8) is 0 Å². The average molecular weight is 331 g/mol. The third-order valence-corrected chi connectivity index (χ3v) is 4.14. The fourth-order valence-electron chi connectivity index (χ4n) is 2.74. The summed E-state index contributed by atoms with van der Waals surface area (Å²) in [4.78, 5) is 20.8. The molecular formula is C19H17N5O. The van der Waals surface area contributed by atoms with Crippen LogP contribution < -0.4 is 5.32 Å². The highest BCUT2D eigenvalue weighted by atomic mass is 16.2. The number of amides is 1. The van der Waals surface area contributed by atoms with Crippen LogP contribution in [0.15, 0.2) is 73.6 Å². The smallest absolute Gasteiger partial charge is 0.271 e. The Morgan fingerprint density at radius 1 is 1.12 bits per heavy atom. The topological polar surface area (TPSA) is 64.2 Å². The largest absolute Gasteiger partial charge is 0.344 e. The van der Waals surface area contributed by atoms with E-state index in [1.54, 1.807) is 18.7 Å². The van der Waals surface area contributed by atoms with Crippen molar-refractivity contribution in [1.82, 2.24) is 24.3 Å². The molecule has 0 aliphatic carbocycles. The lowest BCUT2D eigenvalue weighted by molar-refractivity contribution is 0.0935. The lowest BCUT2D eigenvalue weighted by Gasteiger charge is -2.14. The molecule has 0 radical (unpaired) electrons. The van der Waals surface area contributed by atoms with E-state index in [1.807, 2.05) is 70.7 Å². The number of fused-ring (bicyclic) bond motifs is 1. The molecule has 3 heterocycles. The van der Waals surface area contributed by atoms with Crippen LogP contribution in [0.5, 0.6) is 0 Å². The Hall–Kier alpha value is -3.41. The molecular weight excluding hydrogens is 314 g/mol. The van der Waals surface area contributed by atoms with E-state index in [2.05, 4.69) is 15.3 Å². The summed E-state index contributed by atoms with van der Waals surface area (Å²) >= 11 is 0. The van der Waals surface area contributed by atoms with E-state index in [-0.39, 0.29) is 11.9 Å². The molecule has 25 heavy (non-hydrogen) atoms. The molecule has 0 aliphatic rings. The van der Waals surface area contributed by atoms with Gasteiger partial charge in [-0.15, -0.1) is 0 Å². The number of nitrogens with zero attached hydrogens (tertiary/aromatic N) is 4. The summed E-state index contributed by atoms with van der Waals surface area (Å²) in [6, 6.07) is 13.6. The standard InChI is InChI=1S/C19H17N5O/c1-14(15-5-7-16(8-6-15)24-11-9-20-13-24)21-19(25)17-12-23-10-3-2-4-18(23)22-17/h2-14H,1H3,(H,21,25)/t14-/m1/s1. The first kappa shape index (κ1) is 15.1. The Balaban J connectivity index is 1.49. The van der Waals surface area contributed by atoms with Gasteiger partial charge in [0, 0.05) is 30.5 Å². The fourth-order valence-corrected chi connectivity index (χ4v) is 2.74. The first-order valence-electron chi connectivity index (χ1n) is 8.03. The van der Waals surface area contributed by atoms with Gasteiger partial charge in [-0.2, -0.15) is 0 Å². The molecule has 6 nitrogen and oxygen atoms in total. The summed E-state index contributed by atoms with van der Waals surface area (Å²) in [5, 5.41) is 2.99. The van der Waals surface area contributed by atoms with Crippen LogP contribution in [0.3, 0.4) is 0 Å². The lowest BCUT2D eigenvalue weighted by Crippen LogP contribution is -2.26. The van der Waals surface area contributed by atoms with Gasteiger partial charge in [-0.25, -0.2) is 9.97 Å². The summed E-state index contributed by atoms with van der Waals surface area (Å²) in [7, 11) is 0. The Bertz CT molecular complexity index is 969. The number of hydrogen-bond donors (Lipinski definition) is 1. The van der Waals surface area contributed by atoms with Crippen LogP contribution in [0.1, 0.15) is 29.0 Å². The number of nitrogens with one attached hydrogen (secondary N) is 1. The Labute approximate surface area is 144 Å². The van der Waals surface area contributed by atoms with E-state index in [0.29, 0.717) is 5.69 Å². The molecule has 4 aromatic rings. The molecule has 1 amide bonds. The van der Waals surface area contributed by atoms with Gasteiger partial charge >= 0.3 is 0 Å². The Kier molecular flexibility index (Phi) is 3.78. The zero-order chi connectivity index (χ0) is 17.2. The molecule has 0 bridgehead atoms. The molecule has 0 aliphatic heterocycles. The fraction of sp³-hybridized carbons (Fsp3) is 0.105. The lowest BCUT2D eigenvalue weighted by atomic mass is 10.1. The van der Waals surface area contributed by atoms with Gasteiger partial charge in [0.25, 0.3) is 5.91 Å². The number of carbonyl (C=O) groups is 1. The van der Waals surface area contributed by atoms with Crippen molar-refractivity contribution in [2.75, 3.05) is 0 Å². The Morgan fingerprint density at radius 3 is 2.68 bits per heavy atom. The van der Waals surface area contributed by atoms with Crippen LogP contribution in [0.2, 0.25) is 0 Å². The third-order valence-electron chi connectivity index (χ3n) is 4.14. The normalized spacial score (nSPS) is 12.2. The highest BCUT2D eigenvalue weighted by molar-refractivity contribution is 5.93. The van der Waals surface area contributed by atoms with Gasteiger partial charge in [0.2, 0.25) is 0 Å². The number of carbonyl (C=O) groups excluding carboxylic acids is 1. The summed E-state index contributed by atoms with van der Waals surface area (Å²) < 4.78 is 3.77. The van der Waals surface area contributed by atoms with Crippen LogP contribution >= 0.6 is 0 Å². The maximum absolute atomic E-state index is 12.5. The van der Waals surface area contributed by atoms with Gasteiger partial charge in [0.05, 0.1) is 12.4 Å². The van der Waals surface area contributed by atoms with Crippen LogP contribution in [-0.2, 0) is 0 Å². The summed E-state index contributed by atoms with van der Waals surface area (Å²) in [6.07, 6.45) is 9.00. The quantitative estimate of drug-likeness (QED) is 0.625. The predicted octanol–water partition coefficient (Wildman–Crippen LogP) is 3.01. The van der Waals surface area contributed by atoms with E-state index >= 15 is 0 Å². The highest BCUT2D eigenvalue weighted by Gasteiger charge is 2.14. The van der Waals surface area contributed by atoms with Gasteiger partial charge < -0.3 is 14.3 Å². The maximum atomic E-state index is 12.5. The monoisotopic (exact) mass is 331 g/mol. The van der Waals surface area contributed by atoms with Crippen LogP contribution in [0.25, 0.3) is 11.3 Å². The van der Waals surface area contributed by atoms with Crippen LogP contribution in [0, 0.1) is 0 Å². The molecule has 6 heteroatoms. The molecule has 124 valence electrons. The number of pyridine rings is 1. The number of imidazole rings is 2. The summed E-state index contributed by atoms with van der Waals surface area (Å²) in [5.74, 6) is -0.185. The first-order chi connectivity index (χ1) is 12.2. The molecule has 0 unspecified atom stereocenters. The number of hydrogen-bond acceptors (Lipinski definition) is 3. The van der Waals surface area contributed by atoms with Crippen LogP contribution in [0.4, 0.5) is 0 Å². The minimum atomic E-state index is -0.185. The summed E-state index contributed by atoms with van der Waals surface area (Å²) in [6.45, 7) is 1.96. The van der Waals surface area contributed by atoms with Crippen molar-refractivity contribution in [2.45, 2.75) is 13.0 Å².